The lowest BCUT2D eigenvalue weighted by Gasteiger charge is -2.09. The molecule has 2 rings (SSSR count). The molecule has 5 nitrogen and oxygen atoms in total. The summed E-state index contributed by atoms with van der Waals surface area (Å²) in [4.78, 5) is 23.0. The molecule has 21 heavy (non-hydrogen) atoms. The number of nitrogens with zero attached hydrogens (tertiary/aromatic N) is 1. The molecular formula is C15H15FN2O3. The number of carboxylic acids is 1. The number of carbonyl (C=O) groups excluding carboxylic acids is 1. The van der Waals surface area contributed by atoms with Crippen molar-refractivity contribution in [3.63, 3.8) is 0 Å². The van der Waals surface area contributed by atoms with Crippen molar-refractivity contribution in [2.24, 2.45) is 0 Å². The first kappa shape index (κ1) is 14.8. The van der Waals surface area contributed by atoms with E-state index < -0.39 is 17.3 Å². The zero-order valence-corrected chi connectivity index (χ0v) is 11.5. The van der Waals surface area contributed by atoms with E-state index in [2.05, 4.69) is 5.32 Å². The van der Waals surface area contributed by atoms with Crippen LogP contribution in [0.4, 0.5) is 10.1 Å². The predicted molar refractivity (Wildman–Crippen MR) is 76.0 cm³/mol. The first-order valence-corrected chi connectivity index (χ1v) is 6.52. The quantitative estimate of drug-likeness (QED) is 0.889. The smallest absolute Gasteiger partial charge is 0.338 e. The Morgan fingerprint density at radius 3 is 2.76 bits per heavy atom. The highest BCUT2D eigenvalue weighted by atomic mass is 19.1. The third kappa shape index (κ3) is 3.28. The molecular weight excluding hydrogens is 275 g/mol. The van der Waals surface area contributed by atoms with Gasteiger partial charge in [0.15, 0.2) is 0 Å². The van der Waals surface area contributed by atoms with Crippen molar-refractivity contribution < 1.29 is 19.1 Å². The minimum atomic E-state index is -1.38. The van der Waals surface area contributed by atoms with Crippen molar-refractivity contribution in [1.29, 1.82) is 0 Å². The molecule has 2 N–H and O–H groups in total. The summed E-state index contributed by atoms with van der Waals surface area (Å²) in [5.41, 5.74) is 0.234. The van der Waals surface area contributed by atoms with Crippen molar-refractivity contribution in [2.45, 2.75) is 19.9 Å². The van der Waals surface area contributed by atoms with Gasteiger partial charge in [-0.3, -0.25) is 4.79 Å². The highest BCUT2D eigenvalue weighted by Crippen LogP contribution is 2.16. The summed E-state index contributed by atoms with van der Waals surface area (Å²) >= 11 is 0. The van der Waals surface area contributed by atoms with E-state index in [9.17, 15) is 14.0 Å². The van der Waals surface area contributed by atoms with Gasteiger partial charge >= 0.3 is 5.97 Å². The number of halogens is 1. The van der Waals surface area contributed by atoms with Gasteiger partial charge in [0, 0.05) is 18.4 Å². The molecule has 110 valence electrons. The summed E-state index contributed by atoms with van der Waals surface area (Å²) < 4.78 is 15.1. The molecule has 0 aliphatic carbocycles. The lowest BCUT2D eigenvalue weighted by Crippen LogP contribution is -2.17. The van der Waals surface area contributed by atoms with Crippen LogP contribution in [0, 0.1) is 5.82 Å². The van der Waals surface area contributed by atoms with Crippen molar-refractivity contribution in [3.8, 4) is 0 Å². The number of hydrogen-bond acceptors (Lipinski definition) is 2. The second-order valence-electron chi connectivity index (χ2n) is 4.54. The van der Waals surface area contributed by atoms with Crippen LogP contribution in [0.15, 0.2) is 36.5 Å². The molecule has 0 unspecified atom stereocenters. The van der Waals surface area contributed by atoms with Gasteiger partial charge in [-0.1, -0.05) is 6.92 Å². The van der Waals surface area contributed by atoms with Crippen molar-refractivity contribution in [2.75, 3.05) is 5.32 Å². The Morgan fingerprint density at radius 1 is 1.33 bits per heavy atom. The number of aryl methyl sites for hydroxylation is 1. The first-order valence-electron chi connectivity index (χ1n) is 6.52. The molecule has 0 aliphatic heterocycles. The number of amides is 1. The van der Waals surface area contributed by atoms with E-state index in [-0.39, 0.29) is 11.6 Å². The molecule has 0 aliphatic rings. The molecule has 0 radical (unpaired) electrons. The van der Waals surface area contributed by atoms with E-state index in [1.54, 1.807) is 22.9 Å². The fraction of sp³-hybridized carbons (Fsp3) is 0.200. The zero-order valence-electron chi connectivity index (χ0n) is 11.5. The molecule has 0 bridgehead atoms. The standard InChI is InChI=1S/C15H15FN2O3/c1-2-7-18-8-3-4-13(18)14(19)17-10-5-6-12(16)11(9-10)15(20)21/h3-6,8-9H,2,7H2,1H3,(H,17,19)(H,20,21). The maximum atomic E-state index is 13.3. The van der Waals surface area contributed by atoms with E-state index >= 15 is 0 Å². The topological polar surface area (TPSA) is 71.3 Å². The Kier molecular flexibility index (Phi) is 4.37. The largest absolute Gasteiger partial charge is 0.478 e. The minimum absolute atomic E-state index is 0.239. The second-order valence-corrected chi connectivity index (χ2v) is 4.54. The van der Waals surface area contributed by atoms with Gasteiger partial charge in [0.2, 0.25) is 0 Å². The van der Waals surface area contributed by atoms with Gasteiger partial charge in [0.25, 0.3) is 5.91 Å². The molecule has 0 saturated carbocycles. The van der Waals surface area contributed by atoms with Gasteiger partial charge in [-0.25, -0.2) is 9.18 Å². The molecule has 6 heteroatoms. The Balaban J connectivity index is 2.21. The Bertz CT molecular complexity index is 679. The minimum Gasteiger partial charge on any atom is -0.478 e. The number of anilines is 1. The molecule has 0 fully saturated rings. The lowest BCUT2D eigenvalue weighted by molar-refractivity contribution is 0.0691. The van der Waals surface area contributed by atoms with Crippen LogP contribution in [0.5, 0.6) is 0 Å². The van der Waals surface area contributed by atoms with Crippen LogP contribution in [0.1, 0.15) is 34.2 Å². The fourth-order valence-electron chi connectivity index (χ4n) is 2.02. The van der Waals surface area contributed by atoms with E-state index in [4.69, 9.17) is 5.11 Å². The summed E-state index contributed by atoms with van der Waals surface area (Å²) in [6, 6.07) is 6.88. The van der Waals surface area contributed by atoms with Crippen LogP contribution in [-0.4, -0.2) is 21.6 Å². The van der Waals surface area contributed by atoms with Crippen molar-refractivity contribution >= 4 is 17.6 Å². The SMILES string of the molecule is CCCn1cccc1C(=O)Nc1ccc(F)c(C(=O)O)c1. The highest BCUT2D eigenvalue weighted by Gasteiger charge is 2.14. The summed E-state index contributed by atoms with van der Waals surface area (Å²) in [7, 11) is 0. The molecule has 0 atom stereocenters. The monoisotopic (exact) mass is 290 g/mol. The summed E-state index contributed by atoms with van der Waals surface area (Å²) in [6.45, 7) is 2.71. The number of carboxylic acid groups (broad SMARTS) is 1. The van der Waals surface area contributed by atoms with Crippen molar-refractivity contribution in [3.05, 3.63) is 53.6 Å². The normalized spacial score (nSPS) is 10.4. The van der Waals surface area contributed by atoms with E-state index in [1.807, 2.05) is 6.92 Å². The number of aromatic carboxylic acids is 1. The lowest BCUT2D eigenvalue weighted by atomic mass is 10.2. The van der Waals surface area contributed by atoms with Gasteiger partial charge in [-0.15, -0.1) is 0 Å². The number of carbonyl (C=O) groups is 2. The van der Waals surface area contributed by atoms with Crippen LogP contribution in [-0.2, 0) is 6.54 Å². The van der Waals surface area contributed by atoms with Gasteiger partial charge in [-0.05, 0) is 36.8 Å². The average molecular weight is 290 g/mol. The molecule has 1 aromatic carbocycles. The Morgan fingerprint density at radius 2 is 2.10 bits per heavy atom. The number of rotatable bonds is 5. The molecule has 1 aromatic heterocycles. The maximum absolute atomic E-state index is 13.3. The van der Waals surface area contributed by atoms with Gasteiger partial charge in [0.05, 0.1) is 5.56 Å². The van der Waals surface area contributed by atoms with E-state index in [0.717, 1.165) is 18.6 Å². The van der Waals surface area contributed by atoms with Crippen LogP contribution in [0.25, 0.3) is 0 Å². The number of benzene rings is 1. The average Bonchev–Trinajstić information content (AvgIpc) is 2.89. The maximum Gasteiger partial charge on any atom is 0.338 e. The summed E-state index contributed by atoms with van der Waals surface area (Å²) in [5, 5.41) is 11.4. The van der Waals surface area contributed by atoms with Crippen molar-refractivity contribution in [1.82, 2.24) is 4.57 Å². The van der Waals surface area contributed by atoms with E-state index in [1.165, 1.54) is 6.07 Å². The molecule has 0 saturated heterocycles. The molecule has 1 heterocycles. The van der Waals surface area contributed by atoms with Crippen LogP contribution in [0.2, 0.25) is 0 Å². The van der Waals surface area contributed by atoms with Gasteiger partial charge < -0.3 is 15.0 Å². The molecule has 1 amide bonds. The second kappa shape index (κ2) is 6.21. The van der Waals surface area contributed by atoms with Crippen LogP contribution in [0.3, 0.4) is 0 Å². The summed E-state index contributed by atoms with van der Waals surface area (Å²) in [6.07, 6.45) is 2.68. The predicted octanol–water partition coefficient (Wildman–Crippen LogP) is 2.99. The highest BCUT2D eigenvalue weighted by molar-refractivity contribution is 6.03. The fourth-order valence-corrected chi connectivity index (χ4v) is 2.02. The third-order valence-corrected chi connectivity index (χ3v) is 2.98. The Hall–Kier alpha value is -2.63. The van der Waals surface area contributed by atoms with Gasteiger partial charge in [-0.2, -0.15) is 0 Å². The third-order valence-electron chi connectivity index (χ3n) is 2.98. The van der Waals surface area contributed by atoms with E-state index in [0.29, 0.717) is 12.2 Å². The number of nitrogens with one attached hydrogen (secondary N) is 1. The number of aromatic nitrogens is 1. The molecule has 0 spiro atoms. The summed E-state index contributed by atoms with van der Waals surface area (Å²) in [5.74, 6) is -2.58. The Labute approximate surface area is 121 Å². The van der Waals surface area contributed by atoms with Crippen LogP contribution < -0.4 is 5.32 Å². The molecule has 2 aromatic rings. The number of hydrogen-bond donors (Lipinski definition) is 2. The zero-order chi connectivity index (χ0) is 15.4. The van der Waals surface area contributed by atoms with Gasteiger partial charge in [0.1, 0.15) is 11.5 Å². The first-order chi connectivity index (χ1) is 10.0. The van der Waals surface area contributed by atoms with Crippen LogP contribution >= 0.6 is 0 Å².